The highest BCUT2D eigenvalue weighted by molar-refractivity contribution is 7.13. The third kappa shape index (κ3) is 10.8. The number of benzene rings is 2. The molecule has 16 heteroatoms. The molecule has 6 N–H and O–H groups in total. The van der Waals surface area contributed by atoms with Crippen LogP contribution in [0.1, 0.15) is 109 Å². The van der Waals surface area contributed by atoms with Crippen LogP contribution in [0, 0.1) is 12.3 Å². The molecule has 0 aliphatic carbocycles. The number of amides is 3. The van der Waals surface area contributed by atoms with Gasteiger partial charge in [0.15, 0.2) is 11.3 Å². The number of phenols is 1. The first-order valence-electron chi connectivity index (χ1n) is 22.3. The Labute approximate surface area is 373 Å². The van der Waals surface area contributed by atoms with E-state index >= 15 is 0 Å². The van der Waals surface area contributed by atoms with Crippen LogP contribution in [0.25, 0.3) is 32.7 Å². The molecule has 3 amide bonds. The fourth-order valence-corrected chi connectivity index (χ4v) is 9.66. The topological polar surface area (TPSA) is 205 Å². The van der Waals surface area contributed by atoms with Gasteiger partial charge in [0.05, 0.1) is 45.5 Å². The molecule has 2 fully saturated rings. The predicted octanol–water partition coefficient (Wildman–Crippen LogP) is 6.56. The van der Waals surface area contributed by atoms with Gasteiger partial charge in [-0.25, -0.2) is 4.98 Å². The molecule has 0 bridgehead atoms. The number of β-amino-alcohol motifs (C(OH)–C–C–N with tert-alkyl or cyclic N) is 1. The van der Waals surface area contributed by atoms with Crippen LogP contribution >= 0.6 is 11.3 Å². The van der Waals surface area contributed by atoms with Crippen LogP contribution in [0.4, 0.5) is 5.82 Å². The summed E-state index contributed by atoms with van der Waals surface area (Å²) in [5.74, 6) is -0.376. The second-order valence-corrected chi connectivity index (χ2v) is 19.1. The van der Waals surface area contributed by atoms with Gasteiger partial charge in [-0.3, -0.25) is 19.1 Å². The molecule has 336 valence electrons. The molecule has 15 nitrogen and oxygen atoms in total. The molecule has 5 aromatic rings. The number of likely N-dealkylation sites (tertiary alicyclic amines) is 2. The van der Waals surface area contributed by atoms with Gasteiger partial charge in [0.1, 0.15) is 17.8 Å². The number of hydrogen-bond donors (Lipinski definition) is 5. The number of aryl methyl sites for hydroxylation is 1. The van der Waals surface area contributed by atoms with E-state index in [2.05, 4.69) is 35.8 Å². The molecular weight excluding hydrogens is 817 g/mol. The van der Waals surface area contributed by atoms with E-state index in [4.69, 9.17) is 5.73 Å². The van der Waals surface area contributed by atoms with Crippen molar-refractivity contribution >= 4 is 45.9 Å². The zero-order valence-corrected chi connectivity index (χ0v) is 37.9. The Morgan fingerprint density at radius 1 is 0.968 bits per heavy atom. The number of nitrogens with two attached hydrogens (primary N) is 1. The van der Waals surface area contributed by atoms with Crippen molar-refractivity contribution in [2.75, 3.05) is 31.9 Å². The van der Waals surface area contributed by atoms with Crippen molar-refractivity contribution in [2.45, 2.75) is 123 Å². The number of aliphatic hydroxyl groups is 1. The summed E-state index contributed by atoms with van der Waals surface area (Å²) < 4.78 is 1.98. The van der Waals surface area contributed by atoms with Gasteiger partial charge in [0.25, 0.3) is 0 Å². The Hall–Kier alpha value is -5.45. The number of rotatable bonds is 16. The van der Waals surface area contributed by atoms with Gasteiger partial charge < -0.3 is 36.4 Å². The molecule has 4 atom stereocenters. The number of anilines is 1. The zero-order valence-electron chi connectivity index (χ0n) is 37.1. The van der Waals surface area contributed by atoms with E-state index in [9.17, 15) is 24.6 Å². The lowest BCUT2D eigenvalue weighted by molar-refractivity contribution is -0.144. The summed E-state index contributed by atoms with van der Waals surface area (Å²) in [7, 11) is 0. The minimum absolute atomic E-state index is 0.0314. The first-order chi connectivity index (χ1) is 30.2. The van der Waals surface area contributed by atoms with Gasteiger partial charge in [0.2, 0.25) is 17.7 Å². The van der Waals surface area contributed by atoms with E-state index in [1.807, 2.05) is 87.3 Å². The lowest BCUT2D eigenvalue weighted by Gasteiger charge is -2.35. The number of piperidine rings is 1. The highest BCUT2D eigenvalue weighted by Crippen LogP contribution is 2.34. The van der Waals surface area contributed by atoms with Gasteiger partial charge in [-0.2, -0.15) is 5.10 Å². The number of carbonyl (C=O) groups is 3. The van der Waals surface area contributed by atoms with Crippen molar-refractivity contribution < 1.29 is 24.6 Å². The van der Waals surface area contributed by atoms with E-state index in [1.54, 1.807) is 23.5 Å². The summed E-state index contributed by atoms with van der Waals surface area (Å²) in [6.07, 6.45) is 6.26. The maximum Gasteiger partial charge on any atom is 0.246 e. The van der Waals surface area contributed by atoms with E-state index in [0.717, 1.165) is 91.8 Å². The number of aliphatic hydroxyl groups excluding tert-OH is 1. The summed E-state index contributed by atoms with van der Waals surface area (Å²) in [6, 6.07) is 15.2. The molecule has 0 spiro atoms. The van der Waals surface area contributed by atoms with E-state index in [-0.39, 0.29) is 48.5 Å². The summed E-state index contributed by atoms with van der Waals surface area (Å²) in [4.78, 5) is 50.4. The Kier molecular flexibility index (Phi) is 14.4. The van der Waals surface area contributed by atoms with Gasteiger partial charge in [-0.15, -0.1) is 21.5 Å². The third-order valence-corrected chi connectivity index (χ3v) is 13.5. The number of aromatic nitrogens is 5. The van der Waals surface area contributed by atoms with Crippen LogP contribution in [0.2, 0.25) is 0 Å². The minimum Gasteiger partial charge on any atom is -0.507 e. The van der Waals surface area contributed by atoms with Crippen LogP contribution in [-0.4, -0.2) is 107 Å². The number of phenolic OH excluding ortho intramolecular Hbond substituents is 1. The Bertz CT molecular complexity index is 2370. The number of nitrogen functional groups attached to an aromatic ring is 1. The monoisotopic (exact) mass is 878 g/mol. The predicted molar refractivity (Wildman–Crippen MR) is 246 cm³/mol. The number of unbranched alkanes of at least 4 members (excludes halogenated alkanes) is 4. The third-order valence-electron chi connectivity index (χ3n) is 12.5. The summed E-state index contributed by atoms with van der Waals surface area (Å²) in [6.45, 7) is 12.5. The average Bonchev–Trinajstić information content (AvgIpc) is 3.98. The van der Waals surface area contributed by atoms with Crippen molar-refractivity contribution in [3.05, 3.63) is 71.4 Å². The van der Waals surface area contributed by atoms with Crippen molar-refractivity contribution in [3.63, 3.8) is 0 Å². The first-order valence-corrected chi connectivity index (χ1v) is 23.2. The highest BCUT2D eigenvalue weighted by Gasteiger charge is 2.44. The minimum atomic E-state index is -0.853. The molecule has 0 radical (unpaired) electrons. The molecule has 0 saturated carbocycles. The van der Waals surface area contributed by atoms with Crippen molar-refractivity contribution in [3.8, 4) is 27.4 Å². The quantitative estimate of drug-likeness (QED) is 0.0672. The summed E-state index contributed by atoms with van der Waals surface area (Å²) in [5.41, 5.74) is 13.0. The zero-order chi connectivity index (χ0) is 44.8. The largest absolute Gasteiger partial charge is 0.507 e. The number of nitrogens with zero attached hydrogens (tertiary/aromatic N) is 7. The van der Waals surface area contributed by atoms with Crippen LogP contribution in [0.3, 0.4) is 0 Å². The molecule has 2 saturated heterocycles. The van der Waals surface area contributed by atoms with Gasteiger partial charge in [0, 0.05) is 38.0 Å². The smallest absolute Gasteiger partial charge is 0.246 e. The van der Waals surface area contributed by atoms with Crippen LogP contribution in [-0.2, 0) is 14.4 Å². The molecule has 2 aromatic carbocycles. The number of thiazole rings is 1. The second-order valence-electron chi connectivity index (χ2n) is 18.3. The molecule has 0 unspecified atom stereocenters. The molecular formula is C47H62N10O5S. The number of nitrogens with one attached hydrogen (secondary N) is 2. The molecule has 63 heavy (non-hydrogen) atoms. The fraction of sp³-hybridized carbons (Fsp3) is 0.511. The van der Waals surface area contributed by atoms with E-state index < -0.39 is 23.6 Å². The number of aromatic hydroxyl groups is 1. The van der Waals surface area contributed by atoms with Gasteiger partial charge >= 0.3 is 0 Å². The number of carbonyl (C=O) groups excluding carboxylic acids is 3. The SMILES string of the molecule is Cc1ncsc1-c1ccc([C@H](C)NC(=O)[C@@H]2C[C@@H](O)CN2C(=O)[C@@H](NC(=O)CCCCCCCN2CCC(n3nc(N)c4nnc(-c5ccccc5O)cc43)CC2)C(C)(C)C)cc1. The van der Waals surface area contributed by atoms with E-state index in [0.29, 0.717) is 29.0 Å². The molecule has 2 aliphatic heterocycles. The molecule has 3 aromatic heterocycles. The number of fused-ring (bicyclic) bond motifs is 1. The number of hydrogen-bond acceptors (Lipinski definition) is 12. The molecule has 2 aliphatic rings. The van der Waals surface area contributed by atoms with Crippen LogP contribution < -0.4 is 16.4 Å². The summed E-state index contributed by atoms with van der Waals surface area (Å²) >= 11 is 1.59. The Morgan fingerprint density at radius 3 is 2.38 bits per heavy atom. The lowest BCUT2D eigenvalue weighted by atomic mass is 9.85. The van der Waals surface area contributed by atoms with Crippen molar-refractivity contribution in [2.24, 2.45) is 5.41 Å². The summed E-state index contributed by atoms with van der Waals surface area (Å²) in [5, 5.41) is 40.4. The second kappa shape index (κ2) is 19.9. The Morgan fingerprint density at radius 2 is 1.68 bits per heavy atom. The van der Waals surface area contributed by atoms with Crippen molar-refractivity contribution in [1.82, 2.24) is 45.4 Å². The number of para-hydroxylation sites is 1. The average molecular weight is 879 g/mol. The molecule has 7 rings (SSSR count). The first kappa shape index (κ1) is 45.6. The fourth-order valence-electron chi connectivity index (χ4n) is 8.84. The maximum atomic E-state index is 14.1. The normalized spacial score (nSPS) is 18.4. The highest BCUT2D eigenvalue weighted by atomic mass is 32.1. The Balaban J connectivity index is 0.825. The standard InChI is InChI=1S/C47H62N10O5S/c1-29(31-16-18-32(19-17-31)42-30(2)49-28-63-42)50-45(61)38-25-34(58)27-56(38)46(62)43(47(3,4)5)51-40(60)15-9-7-6-8-12-22-55-23-20-33(21-24-55)57-37-26-36(35-13-10-11-14-39(35)59)52-53-41(37)44(48)54-57/h10-11,13-14,16-19,26,28-29,33-34,38,43,58-59H,6-9,12,15,20-25,27H2,1-5H3,(H2,48,54)(H,50,61)(H,51,60)/t29-,34+,38-,43+/m0/s1. The van der Waals surface area contributed by atoms with Crippen LogP contribution in [0.15, 0.2) is 60.1 Å². The lowest BCUT2D eigenvalue weighted by Crippen LogP contribution is -2.57. The maximum absolute atomic E-state index is 14.1. The van der Waals surface area contributed by atoms with Crippen LogP contribution in [0.5, 0.6) is 5.75 Å². The van der Waals surface area contributed by atoms with Gasteiger partial charge in [-0.05, 0) is 80.8 Å². The van der Waals surface area contributed by atoms with Crippen molar-refractivity contribution in [1.29, 1.82) is 0 Å². The van der Waals surface area contributed by atoms with Gasteiger partial charge in [-0.1, -0.05) is 76.4 Å². The molecule has 5 heterocycles. The van der Waals surface area contributed by atoms with E-state index in [1.165, 1.54) is 4.90 Å².